The molecule has 116 valence electrons. The summed E-state index contributed by atoms with van der Waals surface area (Å²) in [5, 5.41) is 18.7. The van der Waals surface area contributed by atoms with Gasteiger partial charge in [0.05, 0.1) is 23.4 Å². The Morgan fingerprint density at radius 2 is 1.36 bits per heavy atom. The number of hydrogen-bond acceptors (Lipinski definition) is 4. The van der Waals surface area contributed by atoms with Gasteiger partial charge in [-0.05, 0) is 17.7 Å². The van der Waals surface area contributed by atoms with E-state index in [4.69, 9.17) is 0 Å². The van der Waals surface area contributed by atoms with Crippen molar-refractivity contribution in [3.05, 3.63) is 66.2 Å². The van der Waals surface area contributed by atoms with E-state index in [0.717, 1.165) is 5.56 Å². The van der Waals surface area contributed by atoms with Gasteiger partial charge in [-0.1, -0.05) is 48.5 Å². The van der Waals surface area contributed by atoms with E-state index in [1.54, 1.807) is 30.3 Å². The minimum absolute atomic E-state index is 0.227. The highest BCUT2D eigenvalue weighted by Crippen LogP contribution is 2.63. The second-order valence-corrected chi connectivity index (χ2v) is 7.79. The average molecular weight is 318 g/mol. The van der Waals surface area contributed by atoms with Crippen molar-refractivity contribution in [3.63, 3.8) is 0 Å². The Balaban J connectivity index is 2.06. The van der Waals surface area contributed by atoms with Gasteiger partial charge in [-0.3, -0.25) is 0 Å². The van der Waals surface area contributed by atoms with Crippen LogP contribution in [-0.4, -0.2) is 37.1 Å². The molecule has 1 aliphatic rings. The first-order valence-electron chi connectivity index (χ1n) is 7.13. The molecule has 4 nitrogen and oxygen atoms in total. The molecule has 0 spiro atoms. The average Bonchev–Trinajstić information content (AvgIpc) is 3.27. The van der Waals surface area contributed by atoms with Crippen LogP contribution in [0.25, 0.3) is 0 Å². The summed E-state index contributed by atoms with van der Waals surface area (Å²) in [5.41, 5.74) is -0.189. The van der Waals surface area contributed by atoms with Crippen molar-refractivity contribution in [1.29, 1.82) is 0 Å². The molecule has 0 aromatic heterocycles. The van der Waals surface area contributed by atoms with E-state index < -0.39 is 26.4 Å². The fourth-order valence-corrected chi connectivity index (χ4v) is 5.74. The Kier molecular flexibility index (Phi) is 3.80. The zero-order valence-corrected chi connectivity index (χ0v) is 12.8. The molecule has 1 fully saturated rings. The van der Waals surface area contributed by atoms with Crippen molar-refractivity contribution in [3.8, 4) is 0 Å². The van der Waals surface area contributed by atoms with E-state index in [-0.39, 0.29) is 18.1 Å². The van der Waals surface area contributed by atoms with Gasteiger partial charge in [-0.2, -0.15) is 0 Å². The summed E-state index contributed by atoms with van der Waals surface area (Å²) in [7, 11) is -3.61. The third-order valence-corrected chi connectivity index (χ3v) is 6.87. The van der Waals surface area contributed by atoms with Gasteiger partial charge >= 0.3 is 0 Å². The quantitative estimate of drug-likeness (QED) is 0.878. The first-order valence-corrected chi connectivity index (χ1v) is 8.68. The summed E-state index contributed by atoms with van der Waals surface area (Å²) in [4.78, 5) is 0.227. The predicted molar refractivity (Wildman–Crippen MR) is 83.2 cm³/mol. The van der Waals surface area contributed by atoms with Crippen LogP contribution in [-0.2, 0) is 9.84 Å². The van der Waals surface area contributed by atoms with Crippen LogP contribution in [0.15, 0.2) is 65.6 Å². The van der Waals surface area contributed by atoms with Crippen LogP contribution in [0.2, 0.25) is 0 Å². The van der Waals surface area contributed by atoms with Gasteiger partial charge in [0.2, 0.25) is 0 Å². The molecular weight excluding hydrogens is 300 g/mol. The normalized spacial score (nSPS) is 23.2. The molecule has 0 bridgehead atoms. The number of benzene rings is 2. The zero-order chi connectivity index (χ0) is 15.8. The number of hydrogen-bond donors (Lipinski definition) is 2. The second kappa shape index (κ2) is 5.50. The monoisotopic (exact) mass is 318 g/mol. The van der Waals surface area contributed by atoms with Gasteiger partial charge < -0.3 is 10.2 Å². The Morgan fingerprint density at radius 3 is 1.86 bits per heavy atom. The molecule has 1 saturated carbocycles. The van der Waals surface area contributed by atoms with E-state index in [1.807, 2.05) is 30.3 Å². The molecule has 1 aliphatic carbocycles. The first-order chi connectivity index (χ1) is 10.6. The molecule has 2 aromatic rings. The van der Waals surface area contributed by atoms with Crippen molar-refractivity contribution < 1.29 is 18.6 Å². The van der Waals surface area contributed by atoms with Gasteiger partial charge in [0, 0.05) is 11.3 Å². The lowest BCUT2D eigenvalue weighted by molar-refractivity contribution is 0.130. The standard InChI is InChI=1S/C17H18O4S/c18-11-17(12-19)15(13-7-3-1-4-8-13)16(17)22(20,21)14-9-5-2-6-10-14/h1-10,15-16,18-19H,11-12H2. The van der Waals surface area contributed by atoms with Crippen LogP contribution < -0.4 is 0 Å². The lowest BCUT2D eigenvalue weighted by atomic mass is 10.0. The predicted octanol–water partition coefficient (Wildman–Crippen LogP) is 1.60. The van der Waals surface area contributed by atoms with Gasteiger partial charge in [0.1, 0.15) is 0 Å². The van der Waals surface area contributed by atoms with E-state index in [2.05, 4.69) is 0 Å². The third-order valence-electron chi connectivity index (χ3n) is 4.53. The minimum atomic E-state index is -3.61. The Morgan fingerprint density at radius 1 is 0.864 bits per heavy atom. The van der Waals surface area contributed by atoms with E-state index in [9.17, 15) is 18.6 Å². The highest BCUT2D eigenvalue weighted by Gasteiger charge is 2.70. The summed E-state index contributed by atoms with van der Waals surface area (Å²) in [6, 6.07) is 17.4. The fourth-order valence-electron chi connectivity index (χ4n) is 3.29. The fraction of sp³-hybridized carbons (Fsp3) is 0.294. The van der Waals surface area contributed by atoms with Gasteiger partial charge in [0.15, 0.2) is 9.84 Å². The van der Waals surface area contributed by atoms with Crippen LogP contribution in [0, 0.1) is 5.41 Å². The SMILES string of the molecule is O=S(=O)(c1ccccc1)C1C(c2ccccc2)C1(CO)CO. The molecule has 22 heavy (non-hydrogen) atoms. The second-order valence-electron chi connectivity index (χ2n) is 5.72. The largest absolute Gasteiger partial charge is 0.396 e. The smallest absolute Gasteiger partial charge is 0.182 e. The van der Waals surface area contributed by atoms with Crippen LogP contribution in [0.3, 0.4) is 0 Å². The Labute approximate surface area is 130 Å². The molecule has 0 radical (unpaired) electrons. The molecular formula is C17H18O4S. The highest BCUT2D eigenvalue weighted by molar-refractivity contribution is 7.92. The number of sulfone groups is 1. The van der Waals surface area contributed by atoms with Crippen molar-refractivity contribution in [2.75, 3.05) is 13.2 Å². The Bertz CT molecular complexity index is 737. The number of aliphatic hydroxyl groups excluding tert-OH is 2. The van der Waals surface area contributed by atoms with Crippen LogP contribution in [0.4, 0.5) is 0 Å². The summed E-state index contributed by atoms with van der Waals surface area (Å²) < 4.78 is 25.8. The molecule has 0 amide bonds. The topological polar surface area (TPSA) is 74.6 Å². The third kappa shape index (κ3) is 2.17. The molecule has 2 aromatic carbocycles. The first kappa shape index (κ1) is 15.2. The highest BCUT2D eigenvalue weighted by atomic mass is 32.2. The van der Waals surface area contributed by atoms with Crippen LogP contribution >= 0.6 is 0 Å². The summed E-state index contributed by atoms with van der Waals surface area (Å²) in [6.07, 6.45) is 0. The maximum absolute atomic E-state index is 12.9. The molecule has 0 saturated heterocycles. The maximum Gasteiger partial charge on any atom is 0.182 e. The summed E-state index contributed by atoms with van der Waals surface area (Å²) in [5.74, 6) is -0.395. The van der Waals surface area contributed by atoms with Crippen molar-refractivity contribution in [2.24, 2.45) is 5.41 Å². The minimum Gasteiger partial charge on any atom is -0.396 e. The van der Waals surface area contributed by atoms with E-state index >= 15 is 0 Å². The van der Waals surface area contributed by atoms with E-state index in [1.165, 1.54) is 0 Å². The molecule has 5 heteroatoms. The van der Waals surface area contributed by atoms with Crippen molar-refractivity contribution in [1.82, 2.24) is 0 Å². The van der Waals surface area contributed by atoms with Crippen molar-refractivity contribution in [2.45, 2.75) is 16.1 Å². The number of aliphatic hydroxyl groups is 2. The zero-order valence-electron chi connectivity index (χ0n) is 12.0. The van der Waals surface area contributed by atoms with Gasteiger partial charge in [-0.15, -0.1) is 0 Å². The molecule has 2 atom stereocenters. The van der Waals surface area contributed by atoms with Crippen LogP contribution in [0.1, 0.15) is 11.5 Å². The lowest BCUT2D eigenvalue weighted by Crippen LogP contribution is -2.22. The molecule has 0 aliphatic heterocycles. The lowest BCUT2D eigenvalue weighted by Gasteiger charge is -2.11. The molecule has 0 heterocycles. The van der Waals surface area contributed by atoms with Gasteiger partial charge in [-0.25, -0.2) is 8.42 Å². The molecule has 2 N–H and O–H groups in total. The van der Waals surface area contributed by atoms with Gasteiger partial charge in [0.25, 0.3) is 0 Å². The van der Waals surface area contributed by atoms with E-state index in [0.29, 0.717) is 0 Å². The maximum atomic E-state index is 12.9. The molecule has 3 rings (SSSR count). The molecule has 2 unspecified atom stereocenters. The number of rotatable bonds is 5. The van der Waals surface area contributed by atoms with Crippen molar-refractivity contribution >= 4 is 9.84 Å². The summed E-state index contributed by atoms with van der Waals surface area (Å²) >= 11 is 0. The van der Waals surface area contributed by atoms with Crippen LogP contribution in [0.5, 0.6) is 0 Å². The Hall–Kier alpha value is -1.69. The summed E-state index contributed by atoms with van der Waals surface area (Å²) in [6.45, 7) is -0.723.